The van der Waals surface area contributed by atoms with Gasteiger partial charge in [-0.2, -0.15) is 0 Å². The molecule has 2 aliphatic heterocycles. The molecule has 7 heteroatoms. The zero-order chi connectivity index (χ0) is 24.6. The molecule has 6 rings (SSSR count). The fraction of sp³-hybridized carbons (Fsp3) is 0.172. The van der Waals surface area contributed by atoms with E-state index in [1.165, 1.54) is 24.1 Å². The molecule has 0 fully saturated rings. The first kappa shape index (κ1) is 22.0. The molecule has 1 amide bonds. The Morgan fingerprint density at radius 2 is 1.83 bits per heavy atom. The highest BCUT2D eigenvalue weighted by Gasteiger charge is 2.34. The summed E-state index contributed by atoms with van der Waals surface area (Å²) in [5, 5.41) is 1.17. The molecule has 0 saturated heterocycles. The van der Waals surface area contributed by atoms with E-state index in [1.54, 1.807) is 24.3 Å². The molecule has 3 aromatic carbocycles. The van der Waals surface area contributed by atoms with Crippen LogP contribution in [-0.4, -0.2) is 42.2 Å². The third kappa shape index (κ3) is 3.69. The number of fused-ring (bicyclic) bond motifs is 4. The zero-order valence-electron chi connectivity index (χ0n) is 19.7. The van der Waals surface area contributed by atoms with Crippen LogP contribution < -0.4 is 9.47 Å². The zero-order valence-corrected chi connectivity index (χ0v) is 19.7. The highest BCUT2D eigenvalue weighted by molar-refractivity contribution is 5.97. The lowest BCUT2D eigenvalue weighted by Crippen LogP contribution is -2.39. The maximum absolute atomic E-state index is 13.6. The van der Waals surface area contributed by atoms with Gasteiger partial charge in [-0.3, -0.25) is 4.79 Å². The minimum atomic E-state index is -0.443. The lowest BCUT2D eigenvalue weighted by molar-refractivity contribution is -0.128. The predicted molar refractivity (Wildman–Crippen MR) is 135 cm³/mol. The van der Waals surface area contributed by atoms with E-state index in [0.717, 1.165) is 23.2 Å². The molecule has 4 aromatic rings. The minimum Gasteiger partial charge on any atom is -0.465 e. The van der Waals surface area contributed by atoms with Crippen LogP contribution in [0.5, 0.6) is 11.5 Å². The van der Waals surface area contributed by atoms with Crippen molar-refractivity contribution in [2.45, 2.75) is 12.5 Å². The van der Waals surface area contributed by atoms with Gasteiger partial charge in [-0.05, 0) is 53.5 Å². The van der Waals surface area contributed by atoms with Gasteiger partial charge in [0.1, 0.15) is 0 Å². The van der Waals surface area contributed by atoms with E-state index < -0.39 is 5.97 Å². The first-order chi connectivity index (χ1) is 17.6. The second-order valence-corrected chi connectivity index (χ2v) is 8.77. The van der Waals surface area contributed by atoms with Gasteiger partial charge in [0.2, 0.25) is 12.7 Å². The minimum absolute atomic E-state index is 0.151. The van der Waals surface area contributed by atoms with Gasteiger partial charge in [0.05, 0.1) is 18.7 Å². The Bertz CT molecular complexity index is 1520. The Morgan fingerprint density at radius 3 is 2.72 bits per heavy atom. The number of ether oxygens (including phenoxy) is 3. The van der Waals surface area contributed by atoms with Crippen LogP contribution in [0.1, 0.15) is 38.8 Å². The van der Waals surface area contributed by atoms with Crippen LogP contribution in [0.25, 0.3) is 17.0 Å². The third-order valence-electron chi connectivity index (χ3n) is 6.80. The molecule has 0 aliphatic carbocycles. The van der Waals surface area contributed by atoms with Crippen molar-refractivity contribution in [1.82, 2.24) is 9.88 Å². The Balaban J connectivity index is 1.40. The predicted octanol–water partition coefficient (Wildman–Crippen LogP) is 4.87. The third-order valence-corrected chi connectivity index (χ3v) is 6.80. The number of amides is 1. The molecule has 3 heterocycles. The number of hydrogen-bond acceptors (Lipinski definition) is 5. The van der Waals surface area contributed by atoms with E-state index in [-0.39, 0.29) is 18.7 Å². The number of nitrogens with one attached hydrogen (secondary N) is 1. The standard InChI is InChI=1S/C29H24N2O5/c1-34-29(33)20-7-3-2-6-18(20)11-13-26(32)31-15-14-22-21-8-4-5-9-23(21)30-27(22)28(31)19-10-12-24-25(16-19)36-17-35-24/h2-13,16,28,30H,14-15,17H2,1H3/b13-11+. The molecule has 1 aromatic heterocycles. The van der Waals surface area contributed by atoms with Gasteiger partial charge < -0.3 is 24.1 Å². The number of rotatable bonds is 4. The van der Waals surface area contributed by atoms with Crippen LogP contribution in [0.15, 0.2) is 72.8 Å². The Labute approximate surface area is 207 Å². The summed E-state index contributed by atoms with van der Waals surface area (Å²) in [6.45, 7) is 0.738. The topological polar surface area (TPSA) is 80.9 Å². The molecule has 1 N–H and O–H groups in total. The number of carbonyl (C=O) groups excluding carboxylic acids is 2. The Hall–Kier alpha value is -4.52. The van der Waals surface area contributed by atoms with E-state index in [1.807, 2.05) is 41.3 Å². The van der Waals surface area contributed by atoms with Crippen molar-refractivity contribution in [2.75, 3.05) is 20.4 Å². The first-order valence-electron chi connectivity index (χ1n) is 11.8. The number of hydrogen-bond donors (Lipinski definition) is 1. The highest BCUT2D eigenvalue weighted by Crippen LogP contribution is 2.42. The largest absolute Gasteiger partial charge is 0.465 e. The summed E-state index contributed by atoms with van der Waals surface area (Å²) in [5.74, 6) is 0.776. The van der Waals surface area contributed by atoms with Gasteiger partial charge in [-0.1, -0.05) is 42.5 Å². The molecular weight excluding hydrogens is 456 g/mol. The lowest BCUT2D eigenvalue weighted by atomic mass is 9.92. The van der Waals surface area contributed by atoms with Crippen molar-refractivity contribution in [3.8, 4) is 11.5 Å². The number of para-hydroxylation sites is 1. The van der Waals surface area contributed by atoms with Crippen LogP contribution in [0.4, 0.5) is 0 Å². The van der Waals surface area contributed by atoms with Gasteiger partial charge in [0.15, 0.2) is 11.5 Å². The number of aromatic nitrogens is 1. The summed E-state index contributed by atoms with van der Waals surface area (Å²) in [6, 6.07) is 20.8. The number of nitrogens with zero attached hydrogens (tertiary/aromatic N) is 1. The number of carbonyl (C=O) groups is 2. The Kier molecular flexibility index (Phi) is 5.45. The molecule has 7 nitrogen and oxygen atoms in total. The molecule has 1 unspecified atom stereocenters. The Morgan fingerprint density at radius 1 is 1.03 bits per heavy atom. The summed E-state index contributed by atoms with van der Waals surface area (Å²) in [7, 11) is 1.34. The van der Waals surface area contributed by atoms with Crippen LogP contribution in [0.3, 0.4) is 0 Å². The van der Waals surface area contributed by atoms with Gasteiger partial charge in [-0.15, -0.1) is 0 Å². The summed E-state index contributed by atoms with van der Waals surface area (Å²) < 4.78 is 16.0. The van der Waals surface area contributed by atoms with E-state index in [2.05, 4.69) is 17.1 Å². The van der Waals surface area contributed by atoms with Crippen LogP contribution in [0, 0.1) is 0 Å². The number of esters is 1. The summed E-state index contributed by atoms with van der Waals surface area (Å²) >= 11 is 0. The number of methoxy groups -OCH3 is 1. The highest BCUT2D eigenvalue weighted by atomic mass is 16.7. The van der Waals surface area contributed by atoms with Gasteiger partial charge in [0, 0.05) is 29.2 Å². The summed E-state index contributed by atoms with van der Waals surface area (Å²) in [6.07, 6.45) is 3.93. The molecule has 0 spiro atoms. The van der Waals surface area contributed by atoms with E-state index >= 15 is 0 Å². The van der Waals surface area contributed by atoms with Crippen LogP contribution >= 0.6 is 0 Å². The normalized spacial score (nSPS) is 16.4. The van der Waals surface area contributed by atoms with E-state index in [4.69, 9.17) is 14.2 Å². The van der Waals surface area contributed by atoms with Crippen molar-refractivity contribution in [1.29, 1.82) is 0 Å². The van der Waals surface area contributed by atoms with Gasteiger partial charge in [-0.25, -0.2) is 4.79 Å². The average Bonchev–Trinajstić information content (AvgIpc) is 3.55. The summed E-state index contributed by atoms with van der Waals surface area (Å²) in [4.78, 5) is 31.2. The van der Waals surface area contributed by atoms with Crippen molar-refractivity contribution in [3.63, 3.8) is 0 Å². The molecule has 0 saturated carbocycles. The quantitative estimate of drug-likeness (QED) is 0.333. The van der Waals surface area contributed by atoms with E-state index in [9.17, 15) is 9.59 Å². The molecule has 0 bridgehead atoms. The van der Waals surface area contributed by atoms with Gasteiger partial charge >= 0.3 is 5.97 Å². The summed E-state index contributed by atoms with van der Waals surface area (Å²) in [5.41, 5.74) is 5.23. The van der Waals surface area contributed by atoms with Crippen molar-refractivity contribution < 1.29 is 23.8 Å². The van der Waals surface area contributed by atoms with Crippen LogP contribution in [-0.2, 0) is 16.0 Å². The molecule has 2 aliphatic rings. The fourth-order valence-electron chi connectivity index (χ4n) is 5.10. The first-order valence-corrected chi connectivity index (χ1v) is 11.8. The molecular formula is C29H24N2O5. The lowest BCUT2D eigenvalue weighted by Gasteiger charge is -2.35. The number of benzene rings is 3. The maximum Gasteiger partial charge on any atom is 0.338 e. The monoisotopic (exact) mass is 480 g/mol. The second-order valence-electron chi connectivity index (χ2n) is 8.77. The van der Waals surface area contributed by atoms with Crippen molar-refractivity contribution in [2.24, 2.45) is 0 Å². The average molecular weight is 481 g/mol. The molecule has 0 radical (unpaired) electrons. The molecule has 36 heavy (non-hydrogen) atoms. The SMILES string of the molecule is COC(=O)c1ccccc1/C=C/C(=O)N1CCc2c([nH]c3ccccc23)C1c1ccc2c(c1)OCO2. The van der Waals surface area contributed by atoms with Crippen LogP contribution in [0.2, 0.25) is 0 Å². The molecule has 180 valence electrons. The van der Waals surface area contributed by atoms with Crippen molar-refractivity contribution in [3.05, 3.63) is 101 Å². The van der Waals surface area contributed by atoms with Gasteiger partial charge in [0.25, 0.3) is 0 Å². The molecule has 1 atom stereocenters. The van der Waals surface area contributed by atoms with Crippen molar-refractivity contribution >= 4 is 28.9 Å². The second kappa shape index (κ2) is 8.92. The maximum atomic E-state index is 13.6. The van der Waals surface area contributed by atoms with E-state index in [0.29, 0.717) is 29.2 Å². The smallest absolute Gasteiger partial charge is 0.338 e. The fourth-order valence-corrected chi connectivity index (χ4v) is 5.10. The number of H-pyrrole nitrogens is 1. The number of aromatic amines is 1.